The summed E-state index contributed by atoms with van der Waals surface area (Å²) in [7, 11) is 0. The predicted molar refractivity (Wildman–Crippen MR) is 46.9 cm³/mol. The van der Waals surface area contributed by atoms with E-state index < -0.39 is 11.8 Å². The second-order valence-electron chi connectivity index (χ2n) is 4.09. The maximum Gasteiger partial charge on any atom is 0.264 e. The highest BCUT2D eigenvalue weighted by Gasteiger charge is 2.47. The van der Waals surface area contributed by atoms with Gasteiger partial charge in [0.15, 0.2) is 0 Å². The number of hydrogen-bond acceptors (Lipinski definition) is 2. The lowest BCUT2D eigenvalue weighted by molar-refractivity contribution is -0.0477. The van der Waals surface area contributed by atoms with Crippen LogP contribution in [-0.4, -0.2) is 32.1 Å². The normalized spacial score (nSPS) is 35.1. The molecular weight excluding hydrogens is 174 g/mol. The molecule has 2 aliphatic heterocycles. The number of rotatable bonds is 1. The summed E-state index contributed by atoms with van der Waals surface area (Å²) in [6, 6.07) is 0. The second-order valence-corrected chi connectivity index (χ2v) is 4.09. The third kappa shape index (κ3) is 1.83. The summed E-state index contributed by atoms with van der Waals surface area (Å²) < 4.78 is 26.6. The van der Waals surface area contributed by atoms with E-state index in [1.807, 2.05) is 0 Å². The third-order valence-corrected chi connectivity index (χ3v) is 3.22. The van der Waals surface area contributed by atoms with E-state index in [0.29, 0.717) is 6.54 Å². The van der Waals surface area contributed by atoms with E-state index in [-0.39, 0.29) is 12.5 Å². The van der Waals surface area contributed by atoms with Gasteiger partial charge >= 0.3 is 0 Å². The lowest BCUT2D eigenvalue weighted by atomic mass is 9.82. The molecule has 13 heavy (non-hydrogen) atoms. The first-order chi connectivity index (χ1) is 6.20. The van der Waals surface area contributed by atoms with Crippen molar-refractivity contribution in [3.63, 3.8) is 0 Å². The fourth-order valence-corrected chi connectivity index (χ4v) is 2.43. The molecule has 0 amide bonds. The predicted octanol–water partition coefficient (Wildman–Crippen LogP) is 0.841. The van der Waals surface area contributed by atoms with Crippen molar-refractivity contribution in [2.75, 3.05) is 26.2 Å². The first-order valence-corrected chi connectivity index (χ1v) is 4.99. The van der Waals surface area contributed by atoms with E-state index in [0.717, 1.165) is 25.9 Å². The van der Waals surface area contributed by atoms with E-state index >= 15 is 0 Å². The van der Waals surface area contributed by atoms with Crippen LogP contribution in [0.25, 0.3) is 0 Å². The third-order valence-electron chi connectivity index (χ3n) is 3.22. The highest BCUT2D eigenvalue weighted by molar-refractivity contribution is 4.93. The topological polar surface area (TPSA) is 24.1 Å². The van der Waals surface area contributed by atoms with Gasteiger partial charge in [-0.05, 0) is 31.8 Å². The summed E-state index contributed by atoms with van der Waals surface area (Å²) in [6.45, 7) is 2.17. The highest BCUT2D eigenvalue weighted by Crippen LogP contribution is 2.37. The molecule has 2 heterocycles. The molecule has 4 heteroatoms. The zero-order valence-corrected chi connectivity index (χ0v) is 7.65. The second kappa shape index (κ2) is 3.50. The van der Waals surface area contributed by atoms with E-state index in [1.165, 1.54) is 0 Å². The summed E-state index contributed by atoms with van der Waals surface area (Å²) >= 11 is 0. The Labute approximate surface area is 77.1 Å². The van der Waals surface area contributed by atoms with Gasteiger partial charge in [-0.1, -0.05) is 0 Å². The summed E-state index contributed by atoms with van der Waals surface area (Å²) in [5, 5.41) is 5.99. The first kappa shape index (κ1) is 9.34. The van der Waals surface area contributed by atoms with Gasteiger partial charge in [-0.15, -0.1) is 0 Å². The van der Waals surface area contributed by atoms with Crippen molar-refractivity contribution in [2.45, 2.75) is 18.8 Å². The number of nitrogens with one attached hydrogen (secondary N) is 2. The SMILES string of the molecule is FC1(F)CNCC1C1CCNCC1. The zero-order valence-electron chi connectivity index (χ0n) is 7.65. The van der Waals surface area contributed by atoms with E-state index in [9.17, 15) is 8.78 Å². The van der Waals surface area contributed by atoms with Crippen LogP contribution in [0, 0.1) is 11.8 Å². The van der Waals surface area contributed by atoms with Crippen LogP contribution in [0.1, 0.15) is 12.8 Å². The number of alkyl halides is 2. The molecule has 0 aromatic rings. The van der Waals surface area contributed by atoms with Gasteiger partial charge < -0.3 is 10.6 Å². The monoisotopic (exact) mass is 190 g/mol. The van der Waals surface area contributed by atoms with E-state index in [1.54, 1.807) is 0 Å². The van der Waals surface area contributed by atoms with E-state index in [2.05, 4.69) is 10.6 Å². The lowest BCUT2D eigenvalue weighted by Gasteiger charge is -2.30. The molecule has 2 fully saturated rings. The van der Waals surface area contributed by atoms with Crippen molar-refractivity contribution in [1.29, 1.82) is 0 Å². The summed E-state index contributed by atoms with van der Waals surface area (Å²) in [5.41, 5.74) is 0. The molecule has 2 nitrogen and oxygen atoms in total. The summed E-state index contributed by atoms with van der Waals surface area (Å²) in [4.78, 5) is 0. The van der Waals surface area contributed by atoms with Crippen LogP contribution in [0.5, 0.6) is 0 Å². The summed E-state index contributed by atoms with van der Waals surface area (Å²) in [5.74, 6) is -2.68. The smallest absolute Gasteiger partial charge is 0.264 e. The maximum absolute atomic E-state index is 13.3. The molecule has 76 valence electrons. The molecule has 1 atom stereocenters. The van der Waals surface area contributed by atoms with Gasteiger partial charge in [-0.3, -0.25) is 0 Å². The van der Waals surface area contributed by atoms with Gasteiger partial charge in [0.2, 0.25) is 0 Å². The van der Waals surface area contributed by atoms with Crippen LogP contribution in [0.15, 0.2) is 0 Å². The number of halogens is 2. The van der Waals surface area contributed by atoms with Crippen molar-refractivity contribution < 1.29 is 8.78 Å². The first-order valence-electron chi connectivity index (χ1n) is 4.99. The molecule has 2 rings (SSSR count). The molecule has 0 saturated carbocycles. The Morgan fingerprint density at radius 1 is 1.08 bits per heavy atom. The fourth-order valence-electron chi connectivity index (χ4n) is 2.43. The molecule has 1 unspecified atom stereocenters. The fraction of sp³-hybridized carbons (Fsp3) is 1.00. The minimum atomic E-state index is -2.47. The van der Waals surface area contributed by atoms with Crippen LogP contribution in [0.3, 0.4) is 0 Å². The molecule has 0 spiro atoms. The zero-order chi connectivity index (χ0) is 9.31. The van der Waals surface area contributed by atoms with Crippen molar-refractivity contribution in [2.24, 2.45) is 11.8 Å². The molecule has 0 bridgehead atoms. The van der Waals surface area contributed by atoms with Gasteiger partial charge in [-0.25, -0.2) is 8.78 Å². The Morgan fingerprint density at radius 3 is 2.31 bits per heavy atom. The quantitative estimate of drug-likeness (QED) is 0.640. The number of hydrogen-bond donors (Lipinski definition) is 2. The Balaban J connectivity index is 1.98. The van der Waals surface area contributed by atoms with Crippen molar-refractivity contribution >= 4 is 0 Å². The molecule has 0 radical (unpaired) electrons. The molecule has 2 N–H and O–H groups in total. The minimum absolute atomic E-state index is 0.123. The Hall–Kier alpha value is -0.220. The van der Waals surface area contributed by atoms with Crippen LogP contribution >= 0.6 is 0 Å². The van der Waals surface area contributed by atoms with Gasteiger partial charge in [0.05, 0.1) is 6.54 Å². The Bertz CT molecular complexity index is 178. The Morgan fingerprint density at radius 2 is 1.77 bits per heavy atom. The van der Waals surface area contributed by atoms with Crippen LogP contribution < -0.4 is 10.6 Å². The lowest BCUT2D eigenvalue weighted by Crippen LogP contribution is -2.38. The molecule has 2 saturated heterocycles. The highest BCUT2D eigenvalue weighted by atomic mass is 19.3. The Kier molecular flexibility index (Phi) is 2.51. The molecule has 0 aromatic heterocycles. The largest absolute Gasteiger partial charge is 0.317 e. The van der Waals surface area contributed by atoms with Crippen molar-refractivity contribution in [3.8, 4) is 0 Å². The van der Waals surface area contributed by atoms with Gasteiger partial charge in [0, 0.05) is 12.5 Å². The molecule has 0 aromatic carbocycles. The molecule has 2 aliphatic rings. The van der Waals surface area contributed by atoms with Gasteiger partial charge in [-0.2, -0.15) is 0 Å². The van der Waals surface area contributed by atoms with Crippen LogP contribution in [0.2, 0.25) is 0 Å². The summed E-state index contributed by atoms with van der Waals surface area (Å²) in [6.07, 6.45) is 1.81. The molecular formula is C9H16F2N2. The average Bonchev–Trinajstić information content (AvgIpc) is 2.47. The van der Waals surface area contributed by atoms with Gasteiger partial charge in [0.1, 0.15) is 0 Å². The average molecular weight is 190 g/mol. The van der Waals surface area contributed by atoms with E-state index in [4.69, 9.17) is 0 Å². The molecule has 0 aliphatic carbocycles. The van der Waals surface area contributed by atoms with Crippen molar-refractivity contribution in [3.05, 3.63) is 0 Å². The standard InChI is InChI=1S/C9H16F2N2/c10-9(11)6-13-5-8(9)7-1-3-12-4-2-7/h7-8,12-13H,1-6H2. The number of piperidine rings is 1. The van der Waals surface area contributed by atoms with Crippen molar-refractivity contribution in [1.82, 2.24) is 10.6 Å². The van der Waals surface area contributed by atoms with Crippen LogP contribution in [-0.2, 0) is 0 Å². The van der Waals surface area contributed by atoms with Gasteiger partial charge in [0.25, 0.3) is 5.92 Å². The maximum atomic E-state index is 13.3. The minimum Gasteiger partial charge on any atom is -0.317 e. The van der Waals surface area contributed by atoms with Crippen LogP contribution in [0.4, 0.5) is 8.78 Å².